The molecule has 0 N–H and O–H groups in total. The number of rotatable bonds is 3. The summed E-state index contributed by atoms with van der Waals surface area (Å²) in [4.78, 5) is 15.0. The summed E-state index contributed by atoms with van der Waals surface area (Å²) >= 11 is 0. The molecule has 0 bridgehead atoms. The number of fused-ring (bicyclic) bond motifs is 1. The molecule has 0 spiro atoms. The number of nitrogens with zero attached hydrogens (tertiary/aromatic N) is 4. The second-order valence-corrected chi connectivity index (χ2v) is 9.14. The first-order valence-corrected chi connectivity index (χ1v) is 9.84. The average molecular weight is 360 g/mol. The van der Waals surface area contributed by atoms with Gasteiger partial charge in [0.15, 0.2) is 20.4 Å². The largest absolute Gasteiger partial charge is 0.332 e. The monoisotopic (exact) mass is 360 g/mol. The summed E-state index contributed by atoms with van der Waals surface area (Å²) < 4.78 is 26.8. The summed E-state index contributed by atoms with van der Waals surface area (Å²) in [5.74, 6) is 1.21. The number of benzene rings is 1. The molecule has 7 nitrogen and oxygen atoms in total. The molecule has 1 fully saturated rings. The van der Waals surface area contributed by atoms with Crippen LogP contribution in [0.3, 0.4) is 0 Å². The summed E-state index contributed by atoms with van der Waals surface area (Å²) in [6.07, 6.45) is 0.749. The van der Waals surface area contributed by atoms with Crippen molar-refractivity contribution in [3.63, 3.8) is 0 Å². The summed E-state index contributed by atoms with van der Waals surface area (Å²) in [6.45, 7) is 4.64. The van der Waals surface area contributed by atoms with Crippen LogP contribution >= 0.6 is 0 Å². The molecule has 1 aromatic heterocycles. The van der Waals surface area contributed by atoms with Gasteiger partial charge in [-0.3, -0.25) is 4.79 Å². The molecule has 1 atom stereocenters. The fourth-order valence-electron chi connectivity index (χ4n) is 3.71. The molecule has 2 aromatic rings. The van der Waals surface area contributed by atoms with Gasteiger partial charge in [-0.1, -0.05) is 18.2 Å². The van der Waals surface area contributed by atoms with Crippen LogP contribution in [0.4, 0.5) is 0 Å². The lowest BCUT2D eigenvalue weighted by atomic mass is 10.2. The van der Waals surface area contributed by atoms with Crippen molar-refractivity contribution in [1.29, 1.82) is 0 Å². The molecule has 0 unspecified atom stereocenters. The third-order valence-corrected chi connectivity index (χ3v) is 7.65. The molecule has 2 aliphatic rings. The average Bonchev–Trinajstić information content (AvgIpc) is 3.34. The SMILES string of the molecule is Cc1nnc2n1[C@H](C)CN(C(=O)C1(S(=O)(=O)c3ccccc3)CC1)C2. The Morgan fingerprint density at radius 3 is 2.52 bits per heavy atom. The van der Waals surface area contributed by atoms with Crippen LogP contribution in [0.25, 0.3) is 0 Å². The van der Waals surface area contributed by atoms with Crippen LogP contribution in [0.5, 0.6) is 0 Å². The Balaban J connectivity index is 1.66. The van der Waals surface area contributed by atoms with Crippen molar-refractivity contribution in [2.24, 2.45) is 0 Å². The Labute approximate surface area is 146 Å². The lowest BCUT2D eigenvalue weighted by Crippen LogP contribution is -2.48. The number of sulfone groups is 1. The van der Waals surface area contributed by atoms with Crippen molar-refractivity contribution < 1.29 is 13.2 Å². The van der Waals surface area contributed by atoms with Crippen molar-refractivity contribution in [2.45, 2.75) is 48.9 Å². The maximum Gasteiger partial charge on any atom is 0.244 e. The van der Waals surface area contributed by atoms with Crippen LogP contribution in [0.1, 0.15) is 37.5 Å². The van der Waals surface area contributed by atoms with E-state index in [1.54, 1.807) is 35.2 Å². The Morgan fingerprint density at radius 1 is 1.20 bits per heavy atom. The normalized spacial score (nSPS) is 21.7. The molecule has 132 valence electrons. The summed E-state index contributed by atoms with van der Waals surface area (Å²) in [5.41, 5.74) is 0. The van der Waals surface area contributed by atoms with Crippen LogP contribution in [0.2, 0.25) is 0 Å². The molecule has 25 heavy (non-hydrogen) atoms. The molecular weight excluding hydrogens is 340 g/mol. The molecule has 0 radical (unpaired) electrons. The molecule has 1 aliphatic heterocycles. The zero-order valence-corrected chi connectivity index (χ0v) is 15.0. The second-order valence-electron chi connectivity index (χ2n) is 6.88. The van der Waals surface area contributed by atoms with Crippen LogP contribution in [-0.2, 0) is 21.2 Å². The van der Waals surface area contributed by atoms with Gasteiger partial charge in [-0.15, -0.1) is 10.2 Å². The van der Waals surface area contributed by atoms with Crippen molar-refractivity contribution in [3.8, 4) is 0 Å². The van der Waals surface area contributed by atoms with E-state index in [-0.39, 0.29) is 16.8 Å². The number of hydrogen-bond acceptors (Lipinski definition) is 5. The van der Waals surface area contributed by atoms with Crippen LogP contribution in [-0.4, -0.2) is 45.3 Å². The van der Waals surface area contributed by atoms with Crippen molar-refractivity contribution in [3.05, 3.63) is 42.0 Å². The highest BCUT2D eigenvalue weighted by atomic mass is 32.2. The van der Waals surface area contributed by atoms with E-state index in [2.05, 4.69) is 10.2 Å². The van der Waals surface area contributed by atoms with E-state index in [0.29, 0.717) is 31.8 Å². The third-order valence-electron chi connectivity index (χ3n) is 5.14. The predicted octanol–water partition coefficient (Wildman–Crippen LogP) is 1.50. The highest BCUT2D eigenvalue weighted by Gasteiger charge is 2.62. The van der Waals surface area contributed by atoms with Crippen molar-refractivity contribution >= 4 is 15.7 Å². The molecule has 0 saturated heterocycles. The quantitative estimate of drug-likeness (QED) is 0.828. The topological polar surface area (TPSA) is 85.2 Å². The van der Waals surface area contributed by atoms with Crippen LogP contribution in [0, 0.1) is 6.92 Å². The highest BCUT2D eigenvalue weighted by molar-refractivity contribution is 7.94. The van der Waals surface area contributed by atoms with Gasteiger partial charge in [-0.2, -0.15) is 0 Å². The Hall–Kier alpha value is -2.22. The van der Waals surface area contributed by atoms with Gasteiger partial charge in [0.2, 0.25) is 5.91 Å². The first-order chi connectivity index (χ1) is 11.9. The number of hydrogen-bond donors (Lipinski definition) is 0. The number of carbonyl (C=O) groups is 1. The third kappa shape index (κ3) is 2.31. The molecule has 2 heterocycles. The van der Waals surface area contributed by atoms with Crippen LogP contribution in [0.15, 0.2) is 35.2 Å². The van der Waals surface area contributed by atoms with E-state index in [1.165, 1.54) is 0 Å². The molecule has 1 saturated carbocycles. The van der Waals surface area contributed by atoms with Gasteiger partial charge in [0.05, 0.1) is 17.5 Å². The van der Waals surface area contributed by atoms with E-state index in [1.807, 2.05) is 18.4 Å². The van der Waals surface area contributed by atoms with Gasteiger partial charge in [0.1, 0.15) is 5.82 Å². The van der Waals surface area contributed by atoms with E-state index < -0.39 is 14.6 Å². The minimum atomic E-state index is -3.70. The van der Waals surface area contributed by atoms with E-state index in [9.17, 15) is 13.2 Å². The number of carbonyl (C=O) groups excluding carboxylic acids is 1. The van der Waals surface area contributed by atoms with E-state index in [4.69, 9.17) is 0 Å². The van der Waals surface area contributed by atoms with E-state index >= 15 is 0 Å². The number of aryl methyl sites for hydroxylation is 1. The number of aromatic nitrogens is 3. The first-order valence-electron chi connectivity index (χ1n) is 8.36. The molecule has 8 heteroatoms. The van der Waals surface area contributed by atoms with Gasteiger partial charge in [-0.05, 0) is 38.8 Å². The zero-order chi connectivity index (χ0) is 17.8. The Morgan fingerprint density at radius 2 is 1.88 bits per heavy atom. The van der Waals surface area contributed by atoms with Gasteiger partial charge in [-0.25, -0.2) is 8.42 Å². The van der Waals surface area contributed by atoms with Gasteiger partial charge in [0, 0.05) is 6.54 Å². The zero-order valence-electron chi connectivity index (χ0n) is 14.2. The fourth-order valence-corrected chi connectivity index (χ4v) is 5.67. The molecule has 1 aromatic carbocycles. The summed E-state index contributed by atoms with van der Waals surface area (Å²) in [6, 6.07) is 8.27. The van der Waals surface area contributed by atoms with Gasteiger partial charge in [0.25, 0.3) is 0 Å². The number of amides is 1. The Bertz CT molecular complexity index is 932. The first kappa shape index (κ1) is 16.3. The fraction of sp³-hybridized carbons (Fsp3) is 0.471. The maximum absolute atomic E-state index is 13.2. The van der Waals surface area contributed by atoms with Gasteiger partial charge >= 0.3 is 0 Å². The van der Waals surface area contributed by atoms with Crippen molar-refractivity contribution in [1.82, 2.24) is 19.7 Å². The van der Waals surface area contributed by atoms with Gasteiger partial charge < -0.3 is 9.47 Å². The second kappa shape index (κ2) is 5.39. The predicted molar refractivity (Wildman–Crippen MR) is 90.5 cm³/mol. The summed E-state index contributed by atoms with van der Waals surface area (Å²) in [5, 5.41) is 8.21. The molecular formula is C17H20N4O3S. The lowest BCUT2D eigenvalue weighted by Gasteiger charge is -2.34. The maximum atomic E-state index is 13.2. The standard InChI is InChI=1S/C17H20N4O3S/c1-12-10-20(11-15-19-18-13(2)21(12)15)16(22)17(8-9-17)25(23,24)14-6-4-3-5-7-14/h3-7,12H,8-11H2,1-2H3/t12-/m1/s1. The highest BCUT2D eigenvalue weighted by Crippen LogP contribution is 2.48. The van der Waals surface area contributed by atoms with Crippen LogP contribution < -0.4 is 0 Å². The van der Waals surface area contributed by atoms with Crippen molar-refractivity contribution in [2.75, 3.05) is 6.54 Å². The minimum Gasteiger partial charge on any atom is -0.332 e. The summed E-state index contributed by atoms with van der Waals surface area (Å²) in [7, 11) is -3.70. The molecule has 1 amide bonds. The molecule has 1 aliphatic carbocycles. The van der Waals surface area contributed by atoms with E-state index in [0.717, 1.165) is 5.82 Å². The smallest absolute Gasteiger partial charge is 0.244 e. The molecule has 4 rings (SSSR count). The minimum absolute atomic E-state index is 0.0259. The lowest BCUT2D eigenvalue weighted by molar-refractivity contribution is -0.133. The Kier molecular flexibility index (Phi) is 3.50.